The highest BCUT2D eigenvalue weighted by Gasteiger charge is 2.12. The largest absolute Gasteiger partial charge is 0.481 e. The molecule has 0 aromatic carbocycles. The Morgan fingerprint density at radius 3 is 2.89 bits per heavy atom. The lowest BCUT2D eigenvalue weighted by atomic mass is 10.4. The van der Waals surface area contributed by atoms with E-state index in [9.17, 15) is 0 Å². The molecule has 0 saturated carbocycles. The number of alkyl halides is 1. The summed E-state index contributed by atoms with van der Waals surface area (Å²) in [5, 5.41) is 0. The maximum Gasteiger partial charge on any atom is 0.215 e. The summed E-state index contributed by atoms with van der Waals surface area (Å²) in [6.45, 7) is 0.893. The number of hydrogen-bond acceptors (Lipinski definition) is 4. The van der Waals surface area contributed by atoms with Gasteiger partial charge in [-0.15, -0.1) is 11.6 Å². The number of aryl methyl sites for hydroxylation is 2. The van der Waals surface area contributed by atoms with Gasteiger partial charge in [0.25, 0.3) is 0 Å². The van der Waals surface area contributed by atoms with E-state index in [1.807, 2.05) is 12.1 Å². The van der Waals surface area contributed by atoms with Crippen LogP contribution in [0.15, 0.2) is 12.1 Å². The van der Waals surface area contributed by atoms with Gasteiger partial charge in [0, 0.05) is 30.7 Å². The van der Waals surface area contributed by atoms with Gasteiger partial charge >= 0.3 is 0 Å². The van der Waals surface area contributed by atoms with Crippen LogP contribution in [0.4, 0.5) is 0 Å². The number of fused-ring (bicyclic) bond motifs is 1. The molecule has 98 valence electrons. The van der Waals surface area contributed by atoms with Crippen molar-refractivity contribution < 1.29 is 4.74 Å². The first-order valence-electron chi connectivity index (χ1n) is 5.75. The minimum atomic E-state index is 0.569. The Morgan fingerprint density at radius 1 is 1.39 bits per heavy atom. The first-order valence-corrected chi connectivity index (χ1v) is 7.68. The summed E-state index contributed by atoms with van der Waals surface area (Å²) >= 11 is 7.63. The lowest BCUT2D eigenvalue weighted by Gasteiger charge is -2.07. The quantitative estimate of drug-likeness (QED) is 0.765. The predicted octanol–water partition coefficient (Wildman–Crippen LogP) is 2.58. The fourth-order valence-electron chi connectivity index (χ4n) is 1.84. The van der Waals surface area contributed by atoms with Crippen molar-refractivity contribution in [1.29, 1.82) is 0 Å². The Labute approximate surface area is 116 Å². The number of methoxy groups -OCH3 is 1. The average molecular weight is 286 g/mol. The van der Waals surface area contributed by atoms with Gasteiger partial charge in [0.1, 0.15) is 11.3 Å². The van der Waals surface area contributed by atoms with Crippen LogP contribution < -0.4 is 4.74 Å². The molecule has 0 radical (unpaired) electrons. The molecule has 2 rings (SSSR count). The third kappa shape index (κ3) is 2.72. The van der Waals surface area contributed by atoms with Gasteiger partial charge in [0.15, 0.2) is 5.65 Å². The van der Waals surface area contributed by atoms with Gasteiger partial charge in [-0.05, 0) is 12.3 Å². The third-order valence-corrected chi connectivity index (χ3v) is 3.47. The maximum absolute atomic E-state index is 5.82. The second-order valence-corrected chi connectivity index (χ2v) is 5.17. The fourth-order valence-corrected chi connectivity index (χ4v) is 2.37. The monoisotopic (exact) mass is 285 g/mol. The van der Waals surface area contributed by atoms with E-state index in [1.54, 1.807) is 18.9 Å². The van der Waals surface area contributed by atoms with E-state index in [1.165, 1.54) is 0 Å². The third-order valence-electron chi connectivity index (χ3n) is 2.69. The maximum atomic E-state index is 5.82. The zero-order valence-corrected chi connectivity index (χ0v) is 12.1. The molecule has 0 saturated heterocycles. The normalized spacial score (nSPS) is 11.1. The summed E-state index contributed by atoms with van der Waals surface area (Å²) in [6.07, 6.45) is 2.85. The van der Waals surface area contributed by atoms with Gasteiger partial charge in [-0.1, -0.05) is 0 Å². The molecule has 4 nitrogen and oxygen atoms in total. The van der Waals surface area contributed by atoms with Crippen LogP contribution in [0.5, 0.6) is 5.88 Å². The van der Waals surface area contributed by atoms with E-state index in [0.29, 0.717) is 11.8 Å². The van der Waals surface area contributed by atoms with Gasteiger partial charge in [-0.2, -0.15) is 16.7 Å². The molecule has 0 spiro atoms. The number of thioether (sulfide) groups is 1. The lowest BCUT2D eigenvalue weighted by molar-refractivity contribution is 0.399. The van der Waals surface area contributed by atoms with Crippen LogP contribution in [0.1, 0.15) is 5.82 Å². The Balaban J connectivity index is 2.47. The van der Waals surface area contributed by atoms with Crippen molar-refractivity contribution in [2.75, 3.05) is 25.0 Å². The molecular formula is C12H16ClN3OS. The number of halogens is 1. The molecule has 0 bridgehead atoms. The smallest absolute Gasteiger partial charge is 0.215 e. The first-order chi connectivity index (χ1) is 8.80. The summed E-state index contributed by atoms with van der Waals surface area (Å²) < 4.78 is 7.30. The Hall–Kier alpha value is -0.940. The number of hydrogen-bond donors (Lipinski definition) is 0. The van der Waals surface area contributed by atoms with Gasteiger partial charge in [0.2, 0.25) is 5.88 Å². The molecule has 2 heterocycles. The first kappa shape index (κ1) is 13.5. The number of rotatable bonds is 6. The van der Waals surface area contributed by atoms with Crippen LogP contribution in [0.2, 0.25) is 0 Å². The summed E-state index contributed by atoms with van der Waals surface area (Å²) in [7, 11) is 1.62. The minimum Gasteiger partial charge on any atom is -0.481 e. The average Bonchev–Trinajstić information content (AvgIpc) is 2.73. The van der Waals surface area contributed by atoms with Gasteiger partial charge in [0.05, 0.1) is 7.11 Å². The van der Waals surface area contributed by atoms with E-state index in [0.717, 1.165) is 35.7 Å². The van der Waals surface area contributed by atoms with Gasteiger partial charge < -0.3 is 9.30 Å². The van der Waals surface area contributed by atoms with Gasteiger partial charge in [-0.25, -0.2) is 4.98 Å². The van der Waals surface area contributed by atoms with E-state index >= 15 is 0 Å². The van der Waals surface area contributed by atoms with Crippen molar-refractivity contribution in [3.8, 4) is 5.88 Å². The predicted molar refractivity (Wildman–Crippen MR) is 76.9 cm³/mol. The highest BCUT2D eigenvalue weighted by atomic mass is 35.5. The summed E-state index contributed by atoms with van der Waals surface area (Å²) in [4.78, 5) is 9.06. The van der Waals surface area contributed by atoms with Crippen LogP contribution in [-0.4, -0.2) is 39.5 Å². The zero-order chi connectivity index (χ0) is 13.0. The molecule has 0 fully saturated rings. The van der Waals surface area contributed by atoms with Crippen LogP contribution in [0.3, 0.4) is 0 Å². The van der Waals surface area contributed by atoms with Gasteiger partial charge in [-0.3, -0.25) is 0 Å². The number of pyridine rings is 1. The molecule has 0 atom stereocenters. The number of aromatic nitrogens is 3. The van der Waals surface area contributed by atoms with E-state index in [2.05, 4.69) is 20.8 Å². The Kier molecular flexibility index (Phi) is 4.72. The number of ether oxygens (including phenoxy) is 1. The fraction of sp³-hybridized carbons (Fsp3) is 0.500. The highest BCUT2D eigenvalue weighted by molar-refractivity contribution is 7.98. The number of imidazole rings is 1. The second kappa shape index (κ2) is 6.29. The number of nitrogens with zero attached hydrogens (tertiary/aromatic N) is 3. The van der Waals surface area contributed by atoms with Crippen molar-refractivity contribution in [3.63, 3.8) is 0 Å². The standard InChI is InChI=1S/C12H16ClN3OS/c1-17-11-4-3-9-12(15-11)16(7-8-18-2)10(14-9)5-6-13/h3-4H,5-8H2,1-2H3. The molecule has 0 aliphatic heterocycles. The van der Waals surface area contributed by atoms with Crippen molar-refractivity contribution >= 4 is 34.5 Å². The molecule has 6 heteroatoms. The molecule has 0 aliphatic carbocycles. The highest BCUT2D eigenvalue weighted by Crippen LogP contribution is 2.19. The van der Waals surface area contributed by atoms with Crippen LogP contribution in [0.25, 0.3) is 11.2 Å². The molecule has 2 aromatic rings. The van der Waals surface area contributed by atoms with Crippen molar-refractivity contribution in [2.45, 2.75) is 13.0 Å². The minimum absolute atomic E-state index is 0.569. The van der Waals surface area contributed by atoms with Crippen LogP contribution >= 0.6 is 23.4 Å². The molecule has 0 aliphatic rings. The molecule has 0 unspecified atom stereocenters. The molecule has 2 aromatic heterocycles. The summed E-state index contributed by atoms with van der Waals surface area (Å²) in [6, 6.07) is 3.77. The molecule has 0 N–H and O–H groups in total. The SMILES string of the molecule is COc1ccc2nc(CCCl)n(CCSC)c2n1. The summed E-state index contributed by atoms with van der Waals surface area (Å²) in [5.41, 5.74) is 1.78. The Bertz CT molecular complexity index is 529. The molecule has 0 amide bonds. The lowest BCUT2D eigenvalue weighted by Crippen LogP contribution is -2.07. The molecular weight excluding hydrogens is 270 g/mol. The topological polar surface area (TPSA) is 39.9 Å². The Morgan fingerprint density at radius 2 is 2.22 bits per heavy atom. The summed E-state index contributed by atoms with van der Waals surface area (Å²) in [5.74, 6) is 3.21. The van der Waals surface area contributed by atoms with E-state index < -0.39 is 0 Å². The van der Waals surface area contributed by atoms with Crippen LogP contribution in [-0.2, 0) is 13.0 Å². The van der Waals surface area contributed by atoms with Crippen molar-refractivity contribution in [1.82, 2.24) is 14.5 Å². The zero-order valence-electron chi connectivity index (χ0n) is 10.5. The van der Waals surface area contributed by atoms with E-state index in [-0.39, 0.29) is 0 Å². The second-order valence-electron chi connectivity index (χ2n) is 3.81. The van der Waals surface area contributed by atoms with E-state index in [4.69, 9.17) is 16.3 Å². The van der Waals surface area contributed by atoms with Crippen molar-refractivity contribution in [2.24, 2.45) is 0 Å². The van der Waals surface area contributed by atoms with Crippen LogP contribution in [0, 0.1) is 0 Å². The van der Waals surface area contributed by atoms with Crippen molar-refractivity contribution in [3.05, 3.63) is 18.0 Å². The molecule has 18 heavy (non-hydrogen) atoms.